The van der Waals surface area contributed by atoms with E-state index in [0.717, 1.165) is 36.4 Å². The molecule has 2 saturated heterocycles. The van der Waals surface area contributed by atoms with Crippen LogP contribution in [0.2, 0.25) is 5.02 Å². The zero-order valence-corrected chi connectivity index (χ0v) is 18.0. The number of allylic oxidation sites excluding steroid dienone is 1. The zero-order chi connectivity index (χ0) is 20.3. The first-order chi connectivity index (χ1) is 13.9. The van der Waals surface area contributed by atoms with Crippen molar-refractivity contribution in [3.63, 3.8) is 0 Å². The number of halogens is 1. The average molecular weight is 412 g/mol. The standard InChI is InChI=1S/C23H30ClN5/c1-4-15(2)27-13-23(14-27)16(3)28(20-8-6-5-7-18(20)23)12-22-26-19-10-9-17(24)11-21(19)29(22)25/h9-11,18,20H,2-8,12-14,25H2,1H3. The van der Waals surface area contributed by atoms with Crippen LogP contribution in [0.15, 0.2) is 42.8 Å². The van der Waals surface area contributed by atoms with Gasteiger partial charge in [-0.2, -0.15) is 0 Å². The lowest BCUT2D eigenvalue weighted by Gasteiger charge is -2.54. The molecule has 5 nitrogen and oxygen atoms in total. The summed E-state index contributed by atoms with van der Waals surface area (Å²) in [5, 5.41) is 0.679. The topological polar surface area (TPSA) is 50.3 Å². The van der Waals surface area contributed by atoms with Gasteiger partial charge in [-0.3, -0.25) is 0 Å². The maximum absolute atomic E-state index is 6.41. The number of nitrogens with two attached hydrogens (primary N) is 1. The number of fused-ring (bicyclic) bond motifs is 3. The Kier molecular flexibility index (Phi) is 4.35. The van der Waals surface area contributed by atoms with Gasteiger partial charge in [0.2, 0.25) is 0 Å². The molecule has 6 heteroatoms. The first-order valence-electron chi connectivity index (χ1n) is 10.8. The molecule has 1 aliphatic carbocycles. The Morgan fingerprint density at radius 3 is 2.83 bits per heavy atom. The fourth-order valence-electron chi connectivity index (χ4n) is 5.92. The molecule has 2 N–H and O–H groups in total. The normalized spacial score (nSPS) is 25.5. The number of nitrogens with zero attached hydrogens (tertiary/aromatic N) is 4. The van der Waals surface area contributed by atoms with Crippen LogP contribution in [-0.4, -0.2) is 38.6 Å². The van der Waals surface area contributed by atoms with E-state index in [2.05, 4.69) is 29.9 Å². The number of hydrogen-bond acceptors (Lipinski definition) is 4. The molecule has 0 amide bonds. The molecule has 5 rings (SSSR count). The van der Waals surface area contributed by atoms with Gasteiger partial charge in [0, 0.05) is 41.0 Å². The molecule has 2 unspecified atom stereocenters. The Hall–Kier alpha value is -2.14. The van der Waals surface area contributed by atoms with Gasteiger partial charge >= 0.3 is 0 Å². The Bertz CT molecular complexity index is 987. The minimum atomic E-state index is 0.192. The van der Waals surface area contributed by atoms with E-state index in [1.54, 1.807) is 4.68 Å². The number of aromatic nitrogens is 2. The van der Waals surface area contributed by atoms with Crippen molar-refractivity contribution < 1.29 is 0 Å². The number of imidazole rings is 1. The summed E-state index contributed by atoms with van der Waals surface area (Å²) in [5.41, 5.74) is 4.48. The number of likely N-dealkylation sites (tertiary alicyclic amines) is 2. The fourth-order valence-corrected chi connectivity index (χ4v) is 6.09. The van der Waals surface area contributed by atoms with E-state index in [1.165, 1.54) is 37.1 Å². The molecule has 154 valence electrons. The quantitative estimate of drug-likeness (QED) is 0.751. The van der Waals surface area contributed by atoms with Crippen LogP contribution >= 0.6 is 11.6 Å². The molecular formula is C23H30ClN5. The molecule has 0 radical (unpaired) electrons. The Morgan fingerprint density at radius 2 is 2.07 bits per heavy atom. The molecule has 2 atom stereocenters. The lowest BCUT2D eigenvalue weighted by Crippen LogP contribution is -2.59. The van der Waals surface area contributed by atoms with Crippen LogP contribution in [-0.2, 0) is 6.54 Å². The molecule has 1 aromatic carbocycles. The Labute approximate surface area is 177 Å². The molecule has 1 aromatic heterocycles. The Morgan fingerprint density at radius 1 is 1.31 bits per heavy atom. The second-order valence-electron chi connectivity index (χ2n) is 9.00. The third-order valence-electron chi connectivity index (χ3n) is 7.60. The molecule has 1 saturated carbocycles. The van der Waals surface area contributed by atoms with Crippen LogP contribution in [0.3, 0.4) is 0 Å². The summed E-state index contributed by atoms with van der Waals surface area (Å²) in [6.45, 7) is 13.9. The first kappa shape index (κ1) is 18.9. The molecular weight excluding hydrogens is 382 g/mol. The van der Waals surface area contributed by atoms with Crippen molar-refractivity contribution in [2.75, 3.05) is 18.9 Å². The molecule has 3 heterocycles. The summed E-state index contributed by atoms with van der Waals surface area (Å²) in [7, 11) is 0. The van der Waals surface area contributed by atoms with E-state index in [9.17, 15) is 0 Å². The second-order valence-corrected chi connectivity index (χ2v) is 9.43. The van der Waals surface area contributed by atoms with Gasteiger partial charge in [0.1, 0.15) is 5.82 Å². The summed E-state index contributed by atoms with van der Waals surface area (Å²) in [6.07, 6.45) is 6.16. The minimum Gasteiger partial charge on any atom is -0.373 e. The van der Waals surface area contributed by atoms with Gasteiger partial charge in [-0.25, -0.2) is 9.66 Å². The van der Waals surface area contributed by atoms with Gasteiger partial charge in [-0.15, -0.1) is 0 Å². The van der Waals surface area contributed by atoms with Crippen molar-refractivity contribution in [2.24, 2.45) is 11.3 Å². The van der Waals surface area contributed by atoms with Gasteiger partial charge in [0.15, 0.2) is 0 Å². The smallest absolute Gasteiger partial charge is 0.147 e. The van der Waals surface area contributed by atoms with Gasteiger partial charge < -0.3 is 15.6 Å². The SMILES string of the molecule is C=C(CC)N1CC2(C1)C(=C)N(Cc1nc3ccc(Cl)cc3n1N)C1CCCCC12. The van der Waals surface area contributed by atoms with Crippen molar-refractivity contribution in [3.8, 4) is 0 Å². The van der Waals surface area contributed by atoms with Crippen LogP contribution in [0.4, 0.5) is 0 Å². The lowest BCUT2D eigenvalue weighted by molar-refractivity contribution is 0.00840. The van der Waals surface area contributed by atoms with Crippen LogP contribution in [0.25, 0.3) is 11.0 Å². The molecule has 3 fully saturated rings. The van der Waals surface area contributed by atoms with Crippen molar-refractivity contribution in [1.82, 2.24) is 19.5 Å². The molecule has 2 aliphatic heterocycles. The van der Waals surface area contributed by atoms with Gasteiger partial charge in [0.05, 0.1) is 17.6 Å². The summed E-state index contributed by atoms with van der Waals surface area (Å²) in [4.78, 5) is 9.77. The Balaban J connectivity index is 1.45. The molecule has 29 heavy (non-hydrogen) atoms. The van der Waals surface area contributed by atoms with Crippen molar-refractivity contribution in [3.05, 3.63) is 53.6 Å². The predicted octanol–water partition coefficient (Wildman–Crippen LogP) is 4.52. The van der Waals surface area contributed by atoms with Crippen molar-refractivity contribution in [1.29, 1.82) is 0 Å². The third kappa shape index (κ3) is 2.70. The third-order valence-corrected chi connectivity index (χ3v) is 7.83. The molecule has 0 bridgehead atoms. The van der Waals surface area contributed by atoms with E-state index < -0.39 is 0 Å². The highest BCUT2D eigenvalue weighted by atomic mass is 35.5. The molecule has 2 aromatic rings. The van der Waals surface area contributed by atoms with Gasteiger partial charge in [0.25, 0.3) is 0 Å². The van der Waals surface area contributed by atoms with E-state index in [0.29, 0.717) is 23.5 Å². The first-order valence-corrected chi connectivity index (χ1v) is 11.1. The number of hydrogen-bond donors (Lipinski definition) is 1. The monoisotopic (exact) mass is 411 g/mol. The summed E-state index contributed by atoms with van der Waals surface area (Å²) in [5.74, 6) is 7.96. The predicted molar refractivity (Wildman–Crippen MR) is 119 cm³/mol. The fraction of sp³-hybridized carbons (Fsp3) is 0.522. The zero-order valence-electron chi connectivity index (χ0n) is 17.2. The van der Waals surface area contributed by atoms with E-state index in [-0.39, 0.29) is 5.41 Å². The van der Waals surface area contributed by atoms with E-state index in [1.807, 2.05) is 18.2 Å². The minimum absolute atomic E-state index is 0.192. The largest absolute Gasteiger partial charge is 0.373 e. The van der Waals surface area contributed by atoms with Crippen molar-refractivity contribution in [2.45, 2.75) is 51.6 Å². The highest BCUT2D eigenvalue weighted by Gasteiger charge is 2.60. The maximum atomic E-state index is 6.41. The van der Waals surface area contributed by atoms with E-state index in [4.69, 9.17) is 22.4 Å². The van der Waals surface area contributed by atoms with Gasteiger partial charge in [-0.1, -0.05) is 44.5 Å². The van der Waals surface area contributed by atoms with Crippen LogP contribution in [0, 0.1) is 11.3 Å². The summed E-state index contributed by atoms with van der Waals surface area (Å²) >= 11 is 6.17. The van der Waals surface area contributed by atoms with Crippen LogP contribution in [0.1, 0.15) is 44.9 Å². The highest BCUT2D eigenvalue weighted by Crippen LogP contribution is 2.58. The number of nitrogen functional groups attached to an aromatic ring is 1. The molecule has 3 aliphatic rings. The summed E-state index contributed by atoms with van der Waals surface area (Å²) in [6, 6.07) is 6.23. The van der Waals surface area contributed by atoms with Crippen LogP contribution < -0.4 is 5.84 Å². The van der Waals surface area contributed by atoms with Crippen LogP contribution in [0.5, 0.6) is 0 Å². The highest BCUT2D eigenvalue weighted by molar-refractivity contribution is 6.31. The average Bonchev–Trinajstić information content (AvgIpc) is 3.13. The second kappa shape index (κ2) is 6.69. The van der Waals surface area contributed by atoms with Gasteiger partial charge in [-0.05, 0) is 43.4 Å². The number of benzene rings is 1. The van der Waals surface area contributed by atoms with Crippen molar-refractivity contribution >= 4 is 22.6 Å². The van der Waals surface area contributed by atoms with E-state index >= 15 is 0 Å². The number of rotatable bonds is 4. The lowest BCUT2D eigenvalue weighted by atomic mass is 9.64. The molecule has 1 spiro atoms. The summed E-state index contributed by atoms with van der Waals surface area (Å²) < 4.78 is 1.70. The maximum Gasteiger partial charge on any atom is 0.147 e.